The summed E-state index contributed by atoms with van der Waals surface area (Å²) in [6, 6.07) is 0.806. The summed E-state index contributed by atoms with van der Waals surface area (Å²) < 4.78 is 0. The number of nitrogens with one attached hydrogen (secondary N) is 1. The molecular formula is C12H26N2. The van der Waals surface area contributed by atoms with Crippen LogP contribution in [0, 0.1) is 5.92 Å². The molecule has 2 atom stereocenters. The van der Waals surface area contributed by atoms with E-state index in [0.717, 1.165) is 12.0 Å². The summed E-state index contributed by atoms with van der Waals surface area (Å²) in [4.78, 5) is 2.26. The van der Waals surface area contributed by atoms with E-state index in [1.54, 1.807) is 0 Å². The van der Waals surface area contributed by atoms with Crippen LogP contribution < -0.4 is 5.32 Å². The molecule has 0 spiro atoms. The van der Waals surface area contributed by atoms with Crippen molar-refractivity contribution in [3.63, 3.8) is 0 Å². The molecule has 2 heteroatoms. The van der Waals surface area contributed by atoms with Crippen LogP contribution >= 0.6 is 0 Å². The molecule has 0 aromatic rings. The van der Waals surface area contributed by atoms with Gasteiger partial charge in [-0.3, -0.25) is 0 Å². The first kappa shape index (κ1) is 12.0. The molecule has 1 aliphatic carbocycles. The maximum atomic E-state index is 3.68. The molecule has 1 rings (SSSR count). The second kappa shape index (κ2) is 6.41. The maximum absolute atomic E-state index is 3.68. The summed E-state index contributed by atoms with van der Waals surface area (Å²) in [6.07, 6.45) is 6.93. The van der Waals surface area contributed by atoms with E-state index in [9.17, 15) is 0 Å². The third-order valence-electron chi connectivity index (χ3n) is 3.15. The molecule has 0 aliphatic heterocycles. The van der Waals surface area contributed by atoms with Gasteiger partial charge in [0, 0.05) is 6.04 Å². The Balaban J connectivity index is 2.00. The van der Waals surface area contributed by atoms with Gasteiger partial charge >= 0.3 is 0 Å². The average Bonchev–Trinajstić information content (AvgIpc) is 2.12. The van der Waals surface area contributed by atoms with Gasteiger partial charge < -0.3 is 10.2 Å². The molecule has 0 aromatic heterocycles. The standard InChI is InChI=1S/C12H26N2/c1-11-6-4-7-12(10-11)13-8-5-9-14(2)3/h11-13H,4-10H2,1-3H3/t11-,12+/m0/s1. The highest BCUT2D eigenvalue weighted by atomic mass is 15.1. The Morgan fingerprint density at radius 1 is 1.29 bits per heavy atom. The van der Waals surface area contributed by atoms with Crippen molar-refractivity contribution < 1.29 is 0 Å². The molecule has 0 bridgehead atoms. The molecule has 0 aromatic carbocycles. The molecule has 0 radical (unpaired) electrons. The second-order valence-corrected chi connectivity index (χ2v) is 5.08. The second-order valence-electron chi connectivity index (χ2n) is 5.08. The average molecular weight is 198 g/mol. The zero-order valence-electron chi connectivity index (χ0n) is 10.1. The van der Waals surface area contributed by atoms with Crippen LogP contribution in [0.3, 0.4) is 0 Å². The minimum absolute atomic E-state index is 0.806. The summed E-state index contributed by atoms with van der Waals surface area (Å²) in [7, 11) is 4.28. The van der Waals surface area contributed by atoms with E-state index < -0.39 is 0 Å². The largest absolute Gasteiger partial charge is 0.314 e. The minimum atomic E-state index is 0.806. The Morgan fingerprint density at radius 3 is 2.71 bits per heavy atom. The summed E-state index contributed by atoms with van der Waals surface area (Å²) in [6.45, 7) is 4.78. The summed E-state index contributed by atoms with van der Waals surface area (Å²) in [5, 5.41) is 3.68. The molecule has 1 aliphatic rings. The van der Waals surface area contributed by atoms with Crippen LogP contribution in [0.4, 0.5) is 0 Å². The first-order chi connectivity index (χ1) is 6.68. The van der Waals surface area contributed by atoms with Gasteiger partial charge in [0.2, 0.25) is 0 Å². The van der Waals surface area contributed by atoms with Crippen molar-refractivity contribution in [3.8, 4) is 0 Å². The lowest BCUT2D eigenvalue weighted by Gasteiger charge is -2.27. The monoisotopic (exact) mass is 198 g/mol. The van der Waals surface area contributed by atoms with E-state index in [1.165, 1.54) is 45.2 Å². The highest BCUT2D eigenvalue weighted by Gasteiger charge is 2.17. The Labute approximate surface area is 89.1 Å². The fourth-order valence-electron chi connectivity index (χ4n) is 2.32. The number of nitrogens with zero attached hydrogens (tertiary/aromatic N) is 1. The minimum Gasteiger partial charge on any atom is -0.314 e. The van der Waals surface area contributed by atoms with Gasteiger partial charge in [0.15, 0.2) is 0 Å². The lowest BCUT2D eigenvalue weighted by molar-refractivity contribution is 0.295. The highest BCUT2D eigenvalue weighted by Crippen LogP contribution is 2.23. The molecule has 1 fully saturated rings. The quantitative estimate of drug-likeness (QED) is 0.681. The van der Waals surface area contributed by atoms with Crippen molar-refractivity contribution in [2.75, 3.05) is 27.2 Å². The molecule has 2 nitrogen and oxygen atoms in total. The summed E-state index contributed by atoms with van der Waals surface area (Å²) >= 11 is 0. The molecule has 0 amide bonds. The fraction of sp³-hybridized carbons (Fsp3) is 1.00. The molecule has 0 unspecified atom stereocenters. The Bertz CT molecular complexity index is 145. The number of hydrogen-bond acceptors (Lipinski definition) is 2. The fourth-order valence-corrected chi connectivity index (χ4v) is 2.32. The van der Waals surface area contributed by atoms with Gasteiger partial charge in [0.25, 0.3) is 0 Å². The zero-order valence-corrected chi connectivity index (χ0v) is 10.1. The van der Waals surface area contributed by atoms with Crippen molar-refractivity contribution in [1.29, 1.82) is 0 Å². The van der Waals surface area contributed by atoms with Crippen LogP contribution in [0.25, 0.3) is 0 Å². The topological polar surface area (TPSA) is 15.3 Å². The van der Waals surface area contributed by atoms with E-state index in [2.05, 4.69) is 31.2 Å². The van der Waals surface area contributed by atoms with Gasteiger partial charge in [-0.1, -0.05) is 19.8 Å². The Kier molecular flexibility index (Phi) is 5.49. The zero-order chi connectivity index (χ0) is 10.4. The van der Waals surface area contributed by atoms with Crippen molar-refractivity contribution >= 4 is 0 Å². The highest BCUT2D eigenvalue weighted by molar-refractivity contribution is 4.75. The lowest BCUT2D eigenvalue weighted by atomic mass is 9.87. The van der Waals surface area contributed by atoms with E-state index in [0.29, 0.717) is 0 Å². The van der Waals surface area contributed by atoms with E-state index >= 15 is 0 Å². The molecule has 0 heterocycles. The SMILES string of the molecule is C[C@H]1CCC[C@@H](NCCCN(C)C)C1. The Morgan fingerprint density at radius 2 is 2.07 bits per heavy atom. The van der Waals surface area contributed by atoms with Gasteiger partial charge in [-0.05, 0) is 52.4 Å². The van der Waals surface area contributed by atoms with E-state index in [1.807, 2.05) is 0 Å². The number of hydrogen-bond donors (Lipinski definition) is 1. The van der Waals surface area contributed by atoms with Crippen LogP contribution in [0.1, 0.15) is 39.0 Å². The third-order valence-corrected chi connectivity index (χ3v) is 3.15. The van der Waals surface area contributed by atoms with Crippen LogP contribution in [0.5, 0.6) is 0 Å². The van der Waals surface area contributed by atoms with Crippen LogP contribution in [-0.2, 0) is 0 Å². The lowest BCUT2D eigenvalue weighted by Crippen LogP contribution is -2.35. The molecule has 1 saturated carbocycles. The predicted molar refractivity (Wildman–Crippen MR) is 62.6 cm³/mol. The normalized spacial score (nSPS) is 28.3. The van der Waals surface area contributed by atoms with Crippen LogP contribution in [0.2, 0.25) is 0 Å². The first-order valence-electron chi connectivity index (χ1n) is 6.06. The van der Waals surface area contributed by atoms with Crippen LogP contribution in [-0.4, -0.2) is 38.1 Å². The maximum Gasteiger partial charge on any atom is 0.00696 e. The number of rotatable bonds is 5. The van der Waals surface area contributed by atoms with Crippen molar-refractivity contribution in [1.82, 2.24) is 10.2 Å². The van der Waals surface area contributed by atoms with Gasteiger partial charge in [0.05, 0.1) is 0 Å². The van der Waals surface area contributed by atoms with Crippen molar-refractivity contribution in [2.45, 2.75) is 45.1 Å². The van der Waals surface area contributed by atoms with Crippen molar-refractivity contribution in [2.24, 2.45) is 5.92 Å². The van der Waals surface area contributed by atoms with E-state index in [4.69, 9.17) is 0 Å². The predicted octanol–water partition coefficient (Wildman–Crippen LogP) is 2.11. The first-order valence-corrected chi connectivity index (χ1v) is 6.06. The molecule has 14 heavy (non-hydrogen) atoms. The third kappa shape index (κ3) is 4.97. The van der Waals surface area contributed by atoms with Gasteiger partial charge in [0.1, 0.15) is 0 Å². The molecule has 84 valence electrons. The van der Waals surface area contributed by atoms with Crippen LogP contribution in [0.15, 0.2) is 0 Å². The molecular weight excluding hydrogens is 172 g/mol. The van der Waals surface area contributed by atoms with Gasteiger partial charge in [-0.2, -0.15) is 0 Å². The smallest absolute Gasteiger partial charge is 0.00696 e. The molecule has 1 N–H and O–H groups in total. The molecule has 0 saturated heterocycles. The summed E-state index contributed by atoms with van der Waals surface area (Å²) in [5.41, 5.74) is 0. The summed E-state index contributed by atoms with van der Waals surface area (Å²) in [5.74, 6) is 0.940. The van der Waals surface area contributed by atoms with Crippen molar-refractivity contribution in [3.05, 3.63) is 0 Å². The van der Waals surface area contributed by atoms with Gasteiger partial charge in [-0.15, -0.1) is 0 Å². The van der Waals surface area contributed by atoms with Gasteiger partial charge in [-0.25, -0.2) is 0 Å². The van der Waals surface area contributed by atoms with E-state index in [-0.39, 0.29) is 0 Å². The Hall–Kier alpha value is -0.0800.